The van der Waals surface area contributed by atoms with Gasteiger partial charge in [-0.15, -0.1) is 0 Å². The number of nitrogens with one attached hydrogen (secondary N) is 1. The van der Waals surface area contributed by atoms with E-state index in [1.165, 1.54) is 30.4 Å². The molecule has 0 heterocycles. The zero-order chi connectivity index (χ0) is 13.0. The van der Waals surface area contributed by atoms with E-state index in [1.54, 1.807) is 0 Å². The molecule has 1 saturated carbocycles. The van der Waals surface area contributed by atoms with Crippen LogP contribution in [-0.2, 0) is 17.9 Å². The van der Waals surface area contributed by atoms with Crippen molar-refractivity contribution in [2.24, 2.45) is 0 Å². The molecule has 0 aromatic heterocycles. The van der Waals surface area contributed by atoms with E-state index in [9.17, 15) is 0 Å². The Morgan fingerprint density at radius 2 is 1.72 bits per heavy atom. The Morgan fingerprint density at radius 3 is 2.22 bits per heavy atom. The molecular weight excluding hydrogens is 222 g/mol. The van der Waals surface area contributed by atoms with Crippen LogP contribution in [0.15, 0.2) is 24.3 Å². The summed E-state index contributed by atoms with van der Waals surface area (Å²) in [6.07, 6.45) is 4.34. The Morgan fingerprint density at radius 1 is 1.11 bits per heavy atom. The van der Waals surface area contributed by atoms with E-state index < -0.39 is 0 Å². The highest BCUT2D eigenvalue weighted by Crippen LogP contribution is 2.23. The fraction of sp³-hybridized carbons (Fsp3) is 0.625. The van der Waals surface area contributed by atoms with Crippen LogP contribution >= 0.6 is 0 Å². The summed E-state index contributed by atoms with van der Waals surface area (Å²) in [4.78, 5) is 0. The molecule has 100 valence electrons. The molecule has 1 aromatic rings. The Balaban J connectivity index is 1.77. The van der Waals surface area contributed by atoms with Gasteiger partial charge in [0.1, 0.15) is 0 Å². The number of benzene rings is 1. The molecule has 0 bridgehead atoms. The highest BCUT2D eigenvalue weighted by atomic mass is 16.5. The monoisotopic (exact) mass is 247 g/mol. The molecule has 1 N–H and O–H groups in total. The minimum atomic E-state index is 0.173. The number of ether oxygens (including phenoxy) is 1. The van der Waals surface area contributed by atoms with Gasteiger partial charge in [-0.2, -0.15) is 0 Å². The highest BCUT2D eigenvalue weighted by molar-refractivity contribution is 5.22. The lowest BCUT2D eigenvalue weighted by atomic mass is 9.96. The molecule has 1 aliphatic rings. The lowest BCUT2D eigenvalue weighted by Gasteiger charge is -2.25. The molecule has 1 aromatic carbocycles. The molecule has 0 spiro atoms. The normalized spacial score (nSPS) is 16.6. The fourth-order valence-electron chi connectivity index (χ4n) is 1.87. The molecule has 2 nitrogen and oxygen atoms in total. The van der Waals surface area contributed by atoms with Crippen LogP contribution in [0.1, 0.15) is 51.2 Å². The largest absolute Gasteiger partial charge is 0.374 e. The first kappa shape index (κ1) is 13.6. The maximum absolute atomic E-state index is 5.80. The lowest BCUT2D eigenvalue weighted by molar-refractivity contribution is -0.00866. The van der Waals surface area contributed by atoms with Gasteiger partial charge in [-0.05, 0) is 51.2 Å². The van der Waals surface area contributed by atoms with Crippen molar-refractivity contribution >= 4 is 0 Å². The first-order valence-corrected chi connectivity index (χ1v) is 6.97. The SMILES string of the molecule is CC(C)(C)NCc1ccc(COC2CCC2)cc1. The maximum Gasteiger partial charge on any atom is 0.0720 e. The third-order valence-electron chi connectivity index (χ3n) is 3.38. The van der Waals surface area contributed by atoms with Gasteiger partial charge in [0.25, 0.3) is 0 Å². The Bertz CT molecular complexity index is 360. The molecule has 0 aliphatic heterocycles. The van der Waals surface area contributed by atoms with Gasteiger partial charge >= 0.3 is 0 Å². The molecule has 2 rings (SSSR count). The second-order valence-electron chi connectivity index (χ2n) is 6.28. The molecule has 0 amide bonds. The van der Waals surface area contributed by atoms with Crippen molar-refractivity contribution in [1.29, 1.82) is 0 Å². The molecule has 0 atom stereocenters. The van der Waals surface area contributed by atoms with E-state index in [-0.39, 0.29) is 5.54 Å². The second-order valence-corrected chi connectivity index (χ2v) is 6.28. The first-order valence-electron chi connectivity index (χ1n) is 6.97. The molecule has 0 unspecified atom stereocenters. The van der Waals surface area contributed by atoms with Gasteiger partial charge in [-0.1, -0.05) is 24.3 Å². The maximum atomic E-state index is 5.80. The van der Waals surface area contributed by atoms with Crippen molar-refractivity contribution in [1.82, 2.24) is 5.32 Å². The van der Waals surface area contributed by atoms with Gasteiger partial charge in [0.2, 0.25) is 0 Å². The van der Waals surface area contributed by atoms with E-state index >= 15 is 0 Å². The second kappa shape index (κ2) is 5.85. The van der Waals surface area contributed by atoms with Crippen LogP contribution in [0, 0.1) is 0 Å². The number of hydrogen-bond acceptors (Lipinski definition) is 2. The van der Waals surface area contributed by atoms with E-state index in [0.717, 1.165) is 13.2 Å². The van der Waals surface area contributed by atoms with E-state index in [0.29, 0.717) is 6.10 Å². The summed E-state index contributed by atoms with van der Waals surface area (Å²) >= 11 is 0. The van der Waals surface area contributed by atoms with Crippen LogP contribution in [0.2, 0.25) is 0 Å². The molecular formula is C16H25NO. The summed E-state index contributed by atoms with van der Waals surface area (Å²) in [7, 11) is 0. The Kier molecular flexibility index (Phi) is 4.41. The zero-order valence-corrected chi connectivity index (χ0v) is 11.8. The third kappa shape index (κ3) is 4.43. The van der Waals surface area contributed by atoms with Gasteiger partial charge in [0, 0.05) is 12.1 Å². The number of rotatable bonds is 5. The summed E-state index contributed by atoms with van der Waals surface area (Å²) in [5.41, 5.74) is 2.78. The standard InChI is InChI=1S/C16H25NO/c1-16(2,3)17-11-13-7-9-14(10-8-13)12-18-15-5-4-6-15/h7-10,15,17H,4-6,11-12H2,1-3H3. The Labute approximate surface area is 111 Å². The van der Waals surface area contributed by atoms with E-state index in [2.05, 4.69) is 50.4 Å². The predicted molar refractivity (Wildman–Crippen MR) is 75.5 cm³/mol. The van der Waals surface area contributed by atoms with Crippen molar-refractivity contribution < 1.29 is 4.74 Å². The molecule has 18 heavy (non-hydrogen) atoms. The molecule has 1 aliphatic carbocycles. The summed E-state index contributed by atoms with van der Waals surface area (Å²) in [5, 5.41) is 3.49. The summed E-state index contributed by atoms with van der Waals surface area (Å²) < 4.78 is 5.80. The van der Waals surface area contributed by atoms with Crippen LogP contribution in [0.5, 0.6) is 0 Å². The summed E-state index contributed by atoms with van der Waals surface area (Å²) in [6, 6.07) is 8.74. The van der Waals surface area contributed by atoms with Gasteiger partial charge in [-0.25, -0.2) is 0 Å². The van der Waals surface area contributed by atoms with Gasteiger partial charge in [0.15, 0.2) is 0 Å². The molecule has 1 fully saturated rings. The topological polar surface area (TPSA) is 21.3 Å². The molecule has 2 heteroatoms. The molecule has 0 saturated heterocycles. The quantitative estimate of drug-likeness (QED) is 0.857. The van der Waals surface area contributed by atoms with Crippen LogP contribution in [0.25, 0.3) is 0 Å². The highest BCUT2D eigenvalue weighted by Gasteiger charge is 2.17. The van der Waals surface area contributed by atoms with Crippen molar-refractivity contribution in [3.05, 3.63) is 35.4 Å². The van der Waals surface area contributed by atoms with Gasteiger partial charge < -0.3 is 10.1 Å². The van der Waals surface area contributed by atoms with E-state index in [1.807, 2.05) is 0 Å². The third-order valence-corrected chi connectivity index (χ3v) is 3.38. The van der Waals surface area contributed by atoms with Crippen molar-refractivity contribution in [3.8, 4) is 0 Å². The van der Waals surface area contributed by atoms with Gasteiger partial charge in [0.05, 0.1) is 12.7 Å². The predicted octanol–water partition coefficient (Wildman–Crippen LogP) is 3.64. The average molecular weight is 247 g/mol. The van der Waals surface area contributed by atoms with Crippen LogP contribution in [0.3, 0.4) is 0 Å². The summed E-state index contributed by atoms with van der Waals surface area (Å²) in [6.45, 7) is 8.25. The fourth-order valence-corrected chi connectivity index (χ4v) is 1.87. The Hall–Kier alpha value is -0.860. The van der Waals surface area contributed by atoms with E-state index in [4.69, 9.17) is 4.74 Å². The average Bonchev–Trinajstić information content (AvgIpc) is 2.25. The summed E-state index contributed by atoms with van der Waals surface area (Å²) in [5.74, 6) is 0. The van der Waals surface area contributed by atoms with Crippen molar-refractivity contribution in [2.45, 2.75) is 64.8 Å². The number of hydrogen-bond donors (Lipinski definition) is 1. The van der Waals surface area contributed by atoms with Crippen molar-refractivity contribution in [2.75, 3.05) is 0 Å². The van der Waals surface area contributed by atoms with Crippen LogP contribution in [0.4, 0.5) is 0 Å². The smallest absolute Gasteiger partial charge is 0.0720 e. The minimum absolute atomic E-state index is 0.173. The lowest BCUT2D eigenvalue weighted by Crippen LogP contribution is -2.35. The first-order chi connectivity index (χ1) is 8.53. The molecule has 0 radical (unpaired) electrons. The van der Waals surface area contributed by atoms with Gasteiger partial charge in [-0.3, -0.25) is 0 Å². The van der Waals surface area contributed by atoms with Crippen LogP contribution in [-0.4, -0.2) is 11.6 Å². The minimum Gasteiger partial charge on any atom is -0.374 e. The van der Waals surface area contributed by atoms with Crippen molar-refractivity contribution in [3.63, 3.8) is 0 Å². The van der Waals surface area contributed by atoms with Crippen LogP contribution < -0.4 is 5.32 Å². The zero-order valence-electron chi connectivity index (χ0n) is 11.8.